The molecule has 1 atom stereocenters. The molecule has 0 aromatic rings. The van der Waals surface area contributed by atoms with Crippen LogP contribution in [0, 0.1) is 0 Å². The van der Waals surface area contributed by atoms with Crippen LogP contribution in [0.2, 0.25) is 38.3 Å². The highest BCUT2D eigenvalue weighted by molar-refractivity contribution is 6.95. The zero-order valence-corrected chi connectivity index (χ0v) is 12.9. The molecule has 0 bridgehead atoms. The Bertz CT molecular complexity index is 288. The highest BCUT2D eigenvalue weighted by atomic mass is 28.4. The number of carbonyl (C=O) groups excluding carboxylic acids is 1. The summed E-state index contributed by atoms with van der Waals surface area (Å²) in [5, 5.41) is 0. The maximum Gasteiger partial charge on any atom is 0.307 e. The number of cyclic esters (lactones) is 1. The minimum atomic E-state index is -1.30. The molecule has 92 valence electrons. The first kappa shape index (κ1) is 12.3. The third-order valence-electron chi connectivity index (χ3n) is 4.04. The molecule has 0 spiro atoms. The molecule has 2 fully saturated rings. The SMILES string of the molecule is C[Si]1(C)CC[Si](C)(C)N1C1CCCC(=O)O1. The molecule has 0 radical (unpaired) electrons. The summed E-state index contributed by atoms with van der Waals surface area (Å²) in [6.45, 7) is 9.71. The van der Waals surface area contributed by atoms with Crippen molar-refractivity contribution in [1.82, 2.24) is 4.23 Å². The molecule has 2 heterocycles. The summed E-state index contributed by atoms with van der Waals surface area (Å²) in [4.78, 5) is 11.4. The van der Waals surface area contributed by atoms with Gasteiger partial charge in [-0.05, 0) is 24.9 Å². The van der Waals surface area contributed by atoms with E-state index in [0.29, 0.717) is 6.42 Å². The second-order valence-corrected chi connectivity index (χ2v) is 16.0. The first-order valence-corrected chi connectivity index (χ1v) is 12.6. The zero-order chi connectivity index (χ0) is 12.0. The first-order valence-electron chi connectivity index (χ1n) is 6.32. The summed E-state index contributed by atoms with van der Waals surface area (Å²) in [6.07, 6.45) is 2.80. The Labute approximate surface area is 100 Å². The molecule has 0 aromatic carbocycles. The van der Waals surface area contributed by atoms with E-state index in [2.05, 4.69) is 30.4 Å². The smallest absolute Gasteiger partial charge is 0.307 e. The Balaban J connectivity index is 2.19. The molecule has 5 heteroatoms. The van der Waals surface area contributed by atoms with Crippen LogP contribution in [0.1, 0.15) is 19.3 Å². The molecule has 0 saturated carbocycles. The largest absolute Gasteiger partial charge is 0.448 e. The summed E-state index contributed by atoms with van der Waals surface area (Å²) in [5.41, 5.74) is 0. The summed E-state index contributed by atoms with van der Waals surface area (Å²) in [7, 11) is -2.61. The summed E-state index contributed by atoms with van der Waals surface area (Å²) in [6, 6.07) is 2.75. The highest BCUT2D eigenvalue weighted by Gasteiger charge is 2.51. The normalized spacial score (nSPS) is 33.8. The molecule has 3 nitrogen and oxygen atoms in total. The number of hydrogen-bond acceptors (Lipinski definition) is 3. The second kappa shape index (κ2) is 3.96. The Morgan fingerprint density at radius 2 is 1.75 bits per heavy atom. The van der Waals surface area contributed by atoms with Crippen LogP contribution in [0.3, 0.4) is 0 Å². The van der Waals surface area contributed by atoms with Crippen molar-refractivity contribution in [2.45, 2.75) is 63.8 Å². The molecule has 0 N–H and O–H groups in total. The lowest BCUT2D eigenvalue weighted by Crippen LogP contribution is -2.61. The van der Waals surface area contributed by atoms with Crippen molar-refractivity contribution in [1.29, 1.82) is 0 Å². The quantitative estimate of drug-likeness (QED) is 0.534. The molecule has 0 aliphatic carbocycles. The third-order valence-corrected chi connectivity index (χ3v) is 14.3. The van der Waals surface area contributed by atoms with Crippen LogP contribution in [0.15, 0.2) is 0 Å². The van der Waals surface area contributed by atoms with Gasteiger partial charge in [0.1, 0.15) is 22.7 Å². The maximum absolute atomic E-state index is 11.4. The molecular weight excluding hydrogens is 234 g/mol. The number of esters is 1. The van der Waals surface area contributed by atoms with Gasteiger partial charge < -0.3 is 8.97 Å². The maximum atomic E-state index is 11.4. The van der Waals surface area contributed by atoms with Crippen LogP contribution in [-0.2, 0) is 9.53 Å². The fraction of sp³-hybridized carbons (Fsp3) is 0.909. The van der Waals surface area contributed by atoms with E-state index in [1.165, 1.54) is 12.1 Å². The van der Waals surface area contributed by atoms with E-state index in [9.17, 15) is 4.79 Å². The van der Waals surface area contributed by atoms with Crippen molar-refractivity contribution in [3.05, 3.63) is 0 Å². The number of ether oxygens (including phenoxy) is 1. The lowest BCUT2D eigenvalue weighted by molar-refractivity contribution is -0.158. The molecule has 0 amide bonds. The molecule has 2 saturated heterocycles. The average molecular weight is 257 g/mol. The van der Waals surface area contributed by atoms with E-state index in [1.807, 2.05) is 0 Å². The van der Waals surface area contributed by atoms with Gasteiger partial charge in [0.2, 0.25) is 0 Å². The van der Waals surface area contributed by atoms with Gasteiger partial charge in [0.25, 0.3) is 0 Å². The lowest BCUT2D eigenvalue weighted by Gasteiger charge is -2.45. The van der Waals surface area contributed by atoms with Gasteiger partial charge in [0, 0.05) is 6.42 Å². The number of hydrogen-bond donors (Lipinski definition) is 0. The van der Waals surface area contributed by atoms with Crippen molar-refractivity contribution in [3.63, 3.8) is 0 Å². The monoisotopic (exact) mass is 257 g/mol. The van der Waals surface area contributed by atoms with Crippen LogP contribution in [-0.4, -0.2) is 32.9 Å². The van der Waals surface area contributed by atoms with Gasteiger partial charge in [-0.25, -0.2) is 0 Å². The van der Waals surface area contributed by atoms with Crippen LogP contribution in [0.25, 0.3) is 0 Å². The van der Waals surface area contributed by atoms with Crippen LogP contribution < -0.4 is 0 Å². The standard InChI is InChI=1S/C11H23NO2Si2/c1-15(2)8-9-16(3,4)12(15)10-6-5-7-11(13)14-10/h10H,5-9H2,1-4H3. The number of carbonyl (C=O) groups is 1. The fourth-order valence-electron chi connectivity index (χ4n) is 3.32. The topological polar surface area (TPSA) is 29.5 Å². The Morgan fingerprint density at radius 3 is 2.25 bits per heavy atom. The lowest BCUT2D eigenvalue weighted by atomic mass is 10.2. The van der Waals surface area contributed by atoms with Gasteiger partial charge >= 0.3 is 5.97 Å². The van der Waals surface area contributed by atoms with E-state index in [0.717, 1.165) is 12.8 Å². The fourth-order valence-corrected chi connectivity index (χ4v) is 17.8. The van der Waals surface area contributed by atoms with Gasteiger partial charge in [-0.1, -0.05) is 26.2 Å². The minimum absolute atomic E-state index is 0.0118. The summed E-state index contributed by atoms with van der Waals surface area (Å²) in [5.74, 6) is 0.0118. The third kappa shape index (κ3) is 2.12. The van der Waals surface area contributed by atoms with Gasteiger partial charge in [-0.15, -0.1) is 0 Å². The first-order chi connectivity index (χ1) is 7.33. The Kier molecular flexibility index (Phi) is 3.05. The van der Waals surface area contributed by atoms with Gasteiger partial charge in [0.05, 0.1) is 0 Å². The Hall–Kier alpha value is -0.136. The summed E-state index contributed by atoms with van der Waals surface area (Å²) < 4.78 is 8.29. The van der Waals surface area contributed by atoms with Crippen molar-refractivity contribution in [2.24, 2.45) is 0 Å². The van der Waals surface area contributed by atoms with E-state index in [-0.39, 0.29) is 12.2 Å². The van der Waals surface area contributed by atoms with Gasteiger partial charge in [0.15, 0.2) is 0 Å². The predicted molar refractivity (Wildman–Crippen MR) is 70.1 cm³/mol. The average Bonchev–Trinajstić information content (AvgIpc) is 2.35. The second-order valence-electron chi connectivity index (χ2n) is 6.33. The minimum Gasteiger partial charge on any atom is -0.448 e. The van der Waals surface area contributed by atoms with E-state index >= 15 is 0 Å². The molecule has 1 unspecified atom stereocenters. The van der Waals surface area contributed by atoms with E-state index in [1.54, 1.807) is 0 Å². The van der Waals surface area contributed by atoms with Gasteiger partial charge in [-0.3, -0.25) is 4.79 Å². The number of nitrogens with zero attached hydrogens (tertiary/aromatic N) is 1. The van der Waals surface area contributed by atoms with Gasteiger partial charge in [-0.2, -0.15) is 0 Å². The van der Waals surface area contributed by atoms with Crippen LogP contribution >= 0.6 is 0 Å². The van der Waals surface area contributed by atoms with Crippen molar-refractivity contribution >= 4 is 22.4 Å². The molecule has 2 aliphatic rings. The number of rotatable bonds is 1. The van der Waals surface area contributed by atoms with E-state index in [4.69, 9.17) is 4.74 Å². The molecule has 16 heavy (non-hydrogen) atoms. The molecular formula is C11H23NO2Si2. The van der Waals surface area contributed by atoms with Crippen molar-refractivity contribution in [3.8, 4) is 0 Å². The zero-order valence-electron chi connectivity index (χ0n) is 10.9. The predicted octanol–water partition coefficient (Wildman–Crippen LogP) is 2.77. The summed E-state index contributed by atoms with van der Waals surface area (Å²) >= 11 is 0. The highest BCUT2D eigenvalue weighted by Crippen LogP contribution is 2.40. The molecule has 2 aliphatic heterocycles. The molecule has 0 aromatic heterocycles. The van der Waals surface area contributed by atoms with Crippen molar-refractivity contribution < 1.29 is 9.53 Å². The van der Waals surface area contributed by atoms with Crippen LogP contribution in [0.4, 0.5) is 0 Å². The van der Waals surface area contributed by atoms with E-state index < -0.39 is 16.5 Å². The Morgan fingerprint density at radius 1 is 1.19 bits per heavy atom. The van der Waals surface area contributed by atoms with Crippen molar-refractivity contribution in [2.75, 3.05) is 0 Å². The van der Waals surface area contributed by atoms with Crippen LogP contribution in [0.5, 0.6) is 0 Å². The molecule has 2 rings (SSSR count).